The molecule has 0 N–H and O–H groups in total. The third kappa shape index (κ3) is 8.89. The SMILES string of the molecule is CCC[CH2][Sn]([CH2]CCC)([CH2]CCC)[CH](C)C1CC(C(=O)OCC)(C(=O)OCC)C/C1=C\[Si](C)(C)C. The molecule has 2 atom stereocenters. The van der Waals surface area contributed by atoms with Gasteiger partial charge >= 0.3 is 223 Å². The van der Waals surface area contributed by atoms with Crippen molar-refractivity contribution in [1.29, 1.82) is 0 Å². The molecule has 2 unspecified atom stereocenters. The van der Waals surface area contributed by atoms with Crippen LogP contribution in [0.15, 0.2) is 11.3 Å². The van der Waals surface area contributed by atoms with Gasteiger partial charge in [-0.2, -0.15) is 0 Å². The van der Waals surface area contributed by atoms with Crippen molar-refractivity contribution in [3.05, 3.63) is 11.3 Å². The number of rotatable bonds is 16. The number of hydrogen-bond donors (Lipinski definition) is 0. The summed E-state index contributed by atoms with van der Waals surface area (Å²) in [6.45, 7) is 20.8. The number of carbonyl (C=O) groups excluding carboxylic acids is 2. The fourth-order valence-electron chi connectivity index (χ4n) is 6.27. The molecule has 1 saturated carbocycles. The number of ether oxygens (including phenoxy) is 2. The van der Waals surface area contributed by atoms with Gasteiger partial charge in [0.25, 0.3) is 0 Å². The predicted molar refractivity (Wildman–Crippen MR) is 154 cm³/mol. The normalized spacial score (nSPS) is 20.1. The van der Waals surface area contributed by atoms with Gasteiger partial charge < -0.3 is 0 Å². The van der Waals surface area contributed by atoms with Crippen molar-refractivity contribution >= 4 is 38.4 Å². The van der Waals surface area contributed by atoms with Crippen LogP contribution in [0.3, 0.4) is 0 Å². The van der Waals surface area contributed by atoms with E-state index in [0.717, 1.165) is 0 Å². The van der Waals surface area contributed by atoms with Crippen molar-refractivity contribution in [1.82, 2.24) is 0 Å². The monoisotopic (exact) mass is 616 g/mol. The van der Waals surface area contributed by atoms with E-state index in [0.29, 0.717) is 35.9 Å². The van der Waals surface area contributed by atoms with E-state index in [2.05, 4.69) is 53.0 Å². The average molecular weight is 616 g/mol. The number of carbonyl (C=O) groups is 2. The Morgan fingerprint density at radius 2 is 1.34 bits per heavy atom. The second-order valence-electron chi connectivity index (χ2n) is 12.1. The maximum absolute atomic E-state index is 13.4. The van der Waals surface area contributed by atoms with Crippen molar-refractivity contribution < 1.29 is 19.1 Å². The van der Waals surface area contributed by atoms with Crippen LogP contribution in [0.4, 0.5) is 0 Å². The molecule has 1 rings (SSSR count). The molecule has 1 fully saturated rings. The molecule has 6 heteroatoms. The molecule has 0 aromatic carbocycles. The van der Waals surface area contributed by atoms with E-state index in [1.54, 1.807) is 0 Å². The predicted octanol–water partition coefficient (Wildman–Crippen LogP) is 8.55. The second kappa shape index (κ2) is 15.2. The Hall–Kier alpha value is -0.304. The fraction of sp³-hybridized carbons (Fsp3) is 0.862. The van der Waals surface area contributed by atoms with Gasteiger partial charge in [-0.3, -0.25) is 0 Å². The summed E-state index contributed by atoms with van der Waals surface area (Å²) >= 11 is -2.61. The van der Waals surface area contributed by atoms with E-state index in [9.17, 15) is 9.59 Å². The third-order valence-corrected chi connectivity index (χ3v) is 27.6. The molecule has 0 heterocycles. The summed E-state index contributed by atoms with van der Waals surface area (Å²) in [6, 6.07) is 0. The first-order valence-electron chi connectivity index (χ1n) is 14.5. The van der Waals surface area contributed by atoms with Crippen LogP contribution in [-0.4, -0.2) is 51.6 Å². The van der Waals surface area contributed by atoms with Gasteiger partial charge in [0.2, 0.25) is 0 Å². The Morgan fingerprint density at radius 3 is 1.69 bits per heavy atom. The topological polar surface area (TPSA) is 52.6 Å². The first kappa shape index (κ1) is 32.7. The van der Waals surface area contributed by atoms with Gasteiger partial charge in [-0.1, -0.05) is 0 Å². The summed E-state index contributed by atoms with van der Waals surface area (Å²) in [5.74, 6) is -0.436. The Labute approximate surface area is 222 Å². The molecular formula is C29H56O4SiSn. The van der Waals surface area contributed by atoms with Gasteiger partial charge in [-0.15, -0.1) is 0 Å². The van der Waals surface area contributed by atoms with E-state index < -0.39 is 31.9 Å². The second-order valence-corrected chi connectivity index (χ2v) is 31.7. The van der Waals surface area contributed by atoms with Crippen molar-refractivity contribution in [2.75, 3.05) is 13.2 Å². The van der Waals surface area contributed by atoms with Crippen LogP contribution in [0.2, 0.25) is 36.9 Å². The van der Waals surface area contributed by atoms with Crippen LogP contribution < -0.4 is 0 Å². The Morgan fingerprint density at radius 1 is 0.914 bits per heavy atom. The molecule has 0 aromatic rings. The standard InChI is InChI=1S/C17H29O4Si.3C4H9.Sn/c1-7-13-10-17(15(18)20-8-2,16(19)21-9-3)11-14(13)12-22(4,5)6;3*1-3-4-2;/h7,12-13H,8-11H2,1-6H3;3*1,3-4H2,2H3;/b14-12+;;;;. The van der Waals surface area contributed by atoms with Crippen molar-refractivity contribution in [3.8, 4) is 0 Å². The van der Waals surface area contributed by atoms with Gasteiger partial charge in [0.1, 0.15) is 0 Å². The van der Waals surface area contributed by atoms with Crippen LogP contribution in [0, 0.1) is 11.3 Å². The van der Waals surface area contributed by atoms with Gasteiger partial charge in [-0.25, -0.2) is 0 Å². The molecule has 0 spiro atoms. The molecule has 0 radical (unpaired) electrons. The quantitative estimate of drug-likeness (QED) is 0.0992. The van der Waals surface area contributed by atoms with Crippen LogP contribution in [0.1, 0.15) is 92.9 Å². The van der Waals surface area contributed by atoms with Gasteiger partial charge in [0.05, 0.1) is 0 Å². The number of unbranched alkanes of at least 4 members (excludes halogenated alkanes) is 3. The maximum atomic E-state index is 13.4. The molecule has 0 saturated heterocycles. The van der Waals surface area contributed by atoms with E-state index in [1.165, 1.54) is 57.4 Å². The Balaban J connectivity index is 3.64. The van der Waals surface area contributed by atoms with Crippen molar-refractivity contribution in [2.45, 2.75) is 130 Å². The van der Waals surface area contributed by atoms with E-state index in [-0.39, 0.29) is 11.9 Å². The molecule has 204 valence electrons. The molecule has 0 aliphatic heterocycles. The summed E-state index contributed by atoms with van der Waals surface area (Å²) in [5.41, 5.74) is 2.70. The summed E-state index contributed by atoms with van der Waals surface area (Å²) in [7, 11) is -1.56. The average Bonchev–Trinajstić information content (AvgIpc) is 3.17. The number of esters is 2. The first-order chi connectivity index (χ1) is 16.5. The van der Waals surface area contributed by atoms with E-state index in [4.69, 9.17) is 9.47 Å². The van der Waals surface area contributed by atoms with Crippen LogP contribution in [-0.2, 0) is 19.1 Å². The molecular weight excluding hydrogens is 559 g/mol. The minimum atomic E-state index is -2.61. The summed E-state index contributed by atoms with van der Waals surface area (Å²) in [5, 5.41) is 0. The van der Waals surface area contributed by atoms with Crippen LogP contribution in [0.5, 0.6) is 0 Å². The van der Waals surface area contributed by atoms with Crippen LogP contribution >= 0.6 is 0 Å². The Bertz CT molecular complexity index is 658. The van der Waals surface area contributed by atoms with Gasteiger partial charge in [0, 0.05) is 0 Å². The molecule has 4 nitrogen and oxygen atoms in total. The van der Waals surface area contributed by atoms with E-state index in [1.807, 2.05) is 13.8 Å². The molecule has 0 aromatic heterocycles. The molecule has 1 aliphatic rings. The summed E-state index contributed by atoms with van der Waals surface area (Å²) < 4.78 is 16.0. The molecule has 35 heavy (non-hydrogen) atoms. The minimum absolute atomic E-state index is 0.292. The van der Waals surface area contributed by atoms with Crippen molar-refractivity contribution in [3.63, 3.8) is 0 Å². The zero-order valence-electron chi connectivity index (χ0n) is 24.6. The zero-order chi connectivity index (χ0) is 26.7. The summed E-state index contributed by atoms with van der Waals surface area (Å²) in [6.07, 6.45) is 8.80. The number of hydrogen-bond acceptors (Lipinski definition) is 4. The number of allylic oxidation sites excluding steroid dienone is 1. The van der Waals surface area contributed by atoms with Gasteiger partial charge in [0.15, 0.2) is 0 Å². The molecule has 0 amide bonds. The first-order valence-corrected chi connectivity index (χ1v) is 25.8. The summed E-state index contributed by atoms with van der Waals surface area (Å²) in [4.78, 5) is 26.8. The zero-order valence-corrected chi connectivity index (χ0v) is 28.4. The molecule has 1 aliphatic carbocycles. The Kier molecular flexibility index (Phi) is 14.2. The van der Waals surface area contributed by atoms with Crippen molar-refractivity contribution in [2.24, 2.45) is 11.3 Å². The van der Waals surface area contributed by atoms with E-state index >= 15 is 0 Å². The fourth-order valence-corrected chi connectivity index (χ4v) is 26.2. The van der Waals surface area contributed by atoms with Gasteiger partial charge in [-0.05, 0) is 0 Å². The third-order valence-electron chi connectivity index (χ3n) is 8.16. The van der Waals surface area contributed by atoms with Crippen LogP contribution in [0.25, 0.3) is 0 Å². The molecule has 0 bridgehead atoms.